The number of benzene rings is 1. The van der Waals surface area contributed by atoms with Crippen LogP contribution in [0.3, 0.4) is 0 Å². The molecule has 0 amide bonds. The average Bonchev–Trinajstić information content (AvgIpc) is 2.64. The molecule has 1 aliphatic rings. The van der Waals surface area contributed by atoms with Gasteiger partial charge in [0.05, 0.1) is 17.4 Å². The summed E-state index contributed by atoms with van der Waals surface area (Å²) in [5.74, 6) is -1.00. The van der Waals surface area contributed by atoms with Crippen LogP contribution in [0.2, 0.25) is 5.02 Å². The van der Waals surface area contributed by atoms with Gasteiger partial charge in [-0.05, 0) is 24.6 Å². The van der Waals surface area contributed by atoms with Gasteiger partial charge in [-0.15, -0.1) is 0 Å². The van der Waals surface area contributed by atoms with E-state index in [1.165, 1.54) is 6.07 Å². The van der Waals surface area contributed by atoms with E-state index < -0.39 is 5.97 Å². The number of rotatable bonds is 2. The zero-order valence-corrected chi connectivity index (χ0v) is 9.31. The number of hydrogen-bond acceptors (Lipinski definition) is 3. The van der Waals surface area contributed by atoms with Gasteiger partial charge < -0.3 is 15.1 Å². The van der Waals surface area contributed by atoms with Crippen molar-refractivity contribution in [2.24, 2.45) is 0 Å². The number of anilines is 1. The van der Waals surface area contributed by atoms with Gasteiger partial charge >= 0.3 is 5.97 Å². The summed E-state index contributed by atoms with van der Waals surface area (Å²) in [7, 11) is 0. The van der Waals surface area contributed by atoms with Gasteiger partial charge in [0.15, 0.2) is 0 Å². The minimum absolute atomic E-state index is 0.182. The first kappa shape index (κ1) is 11.2. The van der Waals surface area contributed by atoms with Crippen LogP contribution in [0.5, 0.6) is 0 Å². The van der Waals surface area contributed by atoms with Crippen molar-refractivity contribution in [1.29, 1.82) is 0 Å². The molecule has 1 heterocycles. The van der Waals surface area contributed by atoms with Gasteiger partial charge in [-0.3, -0.25) is 0 Å². The van der Waals surface area contributed by atoms with Gasteiger partial charge in [0.2, 0.25) is 0 Å². The van der Waals surface area contributed by atoms with Crippen molar-refractivity contribution in [3.8, 4) is 0 Å². The highest BCUT2D eigenvalue weighted by Crippen LogP contribution is 2.27. The summed E-state index contributed by atoms with van der Waals surface area (Å²) in [4.78, 5) is 12.9. The Balaban J connectivity index is 2.36. The number of aliphatic hydroxyl groups excluding tert-OH is 1. The van der Waals surface area contributed by atoms with Gasteiger partial charge in [0.1, 0.15) is 0 Å². The highest BCUT2D eigenvalue weighted by Gasteiger charge is 2.24. The van der Waals surface area contributed by atoms with Crippen molar-refractivity contribution >= 4 is 23.3 Å². The number of aliphatic hydroxyl groups is 1. The molecule has 0 aromatic heterocycles. The predicted octanol–water partition coefficient (Wildman–Crippen LogP) is 1.61. The Bertz CT molecular complexity index is 422. The quantitative estimate of drug-likeness (QED) is 0.826. The molecule has 1 saturated heterocycles. The summed E-state index contributed by atoms with van der Waals surface area (Å²) >= 11 is 5.77. The maximum absolute atomic E-state index is 11.1. The number of nitrogens with zero attached hydrogens (tertiary/aromatic N) is 1. The number of carboxylic acid groups (broad SMARTS) is 1. The Kier molecular flexibility index (Phi) is 3.03. The molecule has 1 aromatic carbocycles. The van der Waals surface area contributed by atoms with E-state index in [-0.39, 0.29) is 11.7 Å². The lowest BCUT2D eigenvalue weighted by molar-refractivity contribution is 0.0697. The van der Waals surface area contributed by atoms with Crippen LogP contribution in [0, 0.1) is 0 Å². The van der Waals surface area contributed by atoms with Gasteiger partial charge in [0.25, 0.3) is 0 Å². The first-order valence-electron chi connectivity index (χ1n) is 5.04. The van der Waals surface area contributed by atoms with E-state index in [1.54, 1.807) is 12.1 Å². The molecule has 1 aliphatic heterocycles. The summed E-state index contributed by atoms with van der Waals surface area (Å²) in [6.45, 7) is 1.14. The maximum Gasteiger partial charge on any atom is 0.337 e. The van der Waals surface area contributed by atoms with E-state index in [0.29, 0.717) is 30.2 Å². The lowest BCUT2D eigenvalue weighted by atomic mass is 10.1. The van der Waals surface area contributed by atoms with Crippen molar-refractivity contribution < 1.29 is 15.0 Å². The minimum Gasteiger partial charge on any atom is -0.478 e. The zero-order valence-electron chi connectivity index (χ0n) is 8.56. The highest BCUT2D eigenvalue weighted by atomic mass is 35.5. The summed E-state index contributed by atoms with van der Waals surface area (Å²) < 4.78 is 0. The number of carbonyl (C=O) groups is 1. The van der Waals surface area contributed by atoms with E-state index >= 15 is 0 Å². The maximum atomic E-state index is 11.1. The highest BCUT2D eigenvalue weighted by molar-refractivity contribution is 6.31. The lowest BCUT2D eigenvalue weighted by Crippen LogP contribution is -2.23. The molecular formula is C11H12ClNO3. The van der Waals surface area contributed by atoms with E-state index in [2.05, 4.69) is 0 Å². The Labute approximate surface area is 98.1 Å². The Morgan fingerprint density at radius 3 is 2.81 bits per heavy atom. The molecule has 4 nitrogen and oxygen atoms in total. The molecule has 2 rings (SSSR count). The van der Waals surface area contributed by atoms with E-state index in [0.717, 1.165) is 0 Å². The standard InChI is InChI=1S/C11H12ClNO3/c12-7-1-2-10(9(5-7)11(15)16)13-4-3-8(14)6-13/h1-2,5,8,14H,3-4,6H2,(H,15,16). The van der Waals surface area contributed by atoms with Crippen LogP contribution in [0.25, 0.3) is 0 Å². The molecule has 1 fully saturated rings. The van der Waals surface area contributed by atoms with Crippen molar-refractivity contribution in [1.82, 2.24) is 0 Å². The Hall–Kier alpha value is -1.26. The molecule has 0 bridgehead atoms. The van der Waals surface area contributed by atoms with E-state index in [1.807, 2.05) is 4.90 Å². The van der Waals surface area contributed by atoms with Crippen LogP contribution in [0.1, 0.15) is 16.8 Å². The minimum atomic E-state index is -1.00. The van der Waals surface area contributed by atoms with E-state index in [4.69, 9.17) is 16.7 Å². The third-order valence-electron chi connectivity index (χ3n) is 2.69. The van der Waals surface area contributed by atoms with Crippen LogP contribution in [-0.2, 0) is 0 Å². The lowest BCUT2D eigenvalue weighted by Gasteiger charge is -2.20. The number of β-amino-alcohol motifs (C(OH)–C–C–N with tert-alkyl or cyclic N) is 1. The molecule has 0 aliphatic carbocycles. The molecule has 1 aromatic rings. The molecule has 0 radical (unpaired) electrons. The molecular weight excluding hydrogens is 230 g/mol. The normalized spacial score (nSPS) is 20.1. The van der Waals surface area contributed by atoms with Crippen LogP contribution in [0.15, 0.2) is 18.2 Å². The fourth-order valence-corrected chi connectivity index (χ4v) is 2.09. The third-order valence-corrected chi connectivity index (χ3v) is 2.93. The van der Waals surface area contributed by atoms with Crippen molar-refractivity contribution in [2.75, 3.05) is 18.0 Å². The molecule has 1 atom stereocenters. The number of carboxylic acids is 1. The average molecular weight is 242 g/mol. The van der Waals surface area contributed by atoms with E-state index in [9.17, 15) is 9.90 Å². The fraction of sp³-hybridized carbons (Fsp3) is 0.364. The zero-order chi connectivity index (χ0) is 11.7. The first-order chi connectivity index (χ1) is 7.58. The van der Waals surface area contributed by atoms with Gasteiger partial charge in [-0.1, -0.05) is 11.6 Å². The van der Waals surface area contributed by atoms with Crippen molar-refractivity contribution in [3.63, 3.8) is 0 Å². The Morgan fingerprint density at radius 2 is 2.25 bits per heavy atom. The molecule has 5 heteroatoms. The van der Waals surface area contributed by atoms with Gasteiger partial charge in [0, 0.05) is 18.1 Å². The molecule has 16 heavy (non-hydrogen) atoms. The predicted molar refractivity (Wildman–Crippen MR) is 61.2 cm³/mol. The SMILES string of the molecule is O=C(O)c1cc(Cl)ccc1N1CCC(O)C1. The van der Waals surface area contributed by atoms with Crippen LogP contribution >= 0.6 is 11.6 Å². The van der Waals surface area contributed by atoms with Crippen LogP contribution < -0.4 is 4.90 Å². The van der Waals surface area contributed by atoms with Crippen LogP contribution in [0.4, 0.5) is 5.69 Å². The fourth-order valence-electron chi connectivity index (χ4n) is 1.92. The second kappa shape index (κ2) is 4.31. The smallest absolute Gasteiger partial charge is 0.337 e. The van der Waals surface area contributed by atoms with Gasteiger partial charge in [-0.2, -0.15) is 0 Å². The molecule has 1 unspecified atom stereocenters. The largest absolute Gasteiger partial charge is 0.478 e. The second-order valence-corrected chi connectivity index (χ2v) is 4.29. The topological polar surface area (TPSA) is 60.8 Å². The molecule has 86 valence electrons. The summed E-state index contributed by atoms with van der Waals surface area (Å²) in [6.07, 6.45) is 0.291. The second-order valence-electron chi connectivity index (χ2n) is 3.86. The number of halogens is 1. The summed E-state index contributed by atoms with van der Waals surface area (Å²) in [5, 5.41) is 18.9. The van der Waals surface area contributed by atoms with Gasteiger partial charge in [-0.25, -0.2) is 4.79 Å². The number of aromatic carboxylic acids is 1. The van der Waals surface area contributed by atoms with Crippen molar-refractivity contribution in [3.05, 3.63) is 28.8 Å². The summed E-state index contributed by atoms with van der Waals surface area (Å²) in [6, 6.07) is 4.78. The molecule has 0 spiro atoms. The Morgan fingerprint density at radius 1 is 1.50 bits per heavy atom. The third kappa shape index (κ3) is 2.13. The summed E-state index contributed by atoms with van der Waals surface area (Å²) in [5.41, 5.74) is 0.801. The number of hydrogen-bond donors (Lipinski definition) is 2. The monoisotopic (exact) mass is 241 g/mol. The molecule has 2 N–H and O–H groups in total. The van der Waals surface area contributed by atoms with Crippen molar-refractivity contribution in [2.45, 2.75) is 12.5 Å². The molecule has 0 saturated carbocycles. The first-order valence-corrected chi connectivity index (χ1v) is 5.41. The van der Waals surface area contributed by atoms with Crippen LogP contribution in [-0.4, -0.2) is 35.4 Å².